The maximum absolute atomic E-state index is 11.1. The zero-order valence-corrected chi connectivity index (χ0v) is 13.7. The third-order valence-corrected chi connectivity index (χ3v) is 6.64. The Morgan fingerprint density at radius 2 is 1.11 bits per heavy atom. The van der Waals surface area contributed by atoms with Crippen molar-refractivity contribution < 1.29 is 28.0 Å². The van der Waals surface area contributed by atoms with Crippen molar-refractivity contribution in [3.05, 3.63) is 0 Å². The van der Waals surface area contributed by atoms with E-state index in [1.165, 1.54) is 0 Å². The molecule has 0 rings (SSSR count). The van der Waals surface area contributed by atoms with E-state index in [1.807, 2.05) is 0 Å². The summed E-state index contributed by atoms with van der Waals surface area (Å²) >= 11 is 20.8. The third kappa shape index (κ3) is 7.91. The highest BCUT2D eigenvalue weighted by molar-refractivity contribution is 7.58. The van der Waals surface area contributed by atoms with E-state index < -0.39 is 24.3 Å². The van der Waals surface area contributed by atoms with E-state index in [0.717, 1.165) is 0 Å². The molecule has 0 aromatic carbocycles. The Morgan fingerprint density at radius 1 is 0.833 bits per heavy atom. The molecule has 0 saturated carbocycles. The number of rotatable bonds is 9. The van der Waals surface area contributed by atoms with Crippen molar-refractivity contribution >= 4 is 61.6 Å². The predicted molar refractivity (Wildman–Crippen MR) is 71.8 cm³/mol. The van der Waals surface area contributed by atoms with Gasteiger partial charge in [0, 0.05) is 0 Å². The van der Waals surface area contributed by atoms with E-state index in [2.05, 4.69) is 9.05 Å². The van der Waals surface area contributed by atoms with Gasteiger partial charge in [0.2, 0.25) is 9.15 Å². The smallest absolute Gasteiger partial charge is 0.322 e. The number of hydrogen-bond donors (Lipinski definition) is 2. The van der Waals surface area contributed by atoms with Gasteiger partial charge in [-0.25, -0.2) is 0 Å². The minimum Gasteiger partial charge on any atom is -0.322 e. The molecule has 12 heteroatoms. The third-order valence-electron chi connectivity index (χ3n) is 1.58. The van der Waals surface area contributed by atoms with Crippen LogP contribution < -0.4 is 0 Å². The van der Waals surface area contributed by atoms with Crippen molar-refractivity contribution in [2.45, 2.75) is 22.0 Å². The van der Waals surface area contributed by atoms with E-state index >= 15 is 0 Å². The molecule has 0 aromatic rings. The van der Waals surface area contributed by atoms with Gasteiger partial charge < -0.3 is 18.8 Å². The normalized spacial score (nSPS) is 18.9. The fourth-order valence-electron chi connectivity index (χ4n) is 0.708. The van der Waals surface area contributed by atoms with E-state index in [0.29, 0.717) is 12.8 Å². The lowest BCUT2D eigenvalue weighted by Crippen LogP contribution is -2.02. The molecular formula is C6H12Cl4O6P2. The molecule has 0 aliphatic heterocycles. The molecule has 0 heterocycles. The Bertz CT molecular complexity index is 306. The van der Waals surface area contributed by atoms with Crippen LogP contribution in [0.4, 0.5) is 0 Å². The van der Waals surface area contributed by atoms with Gasteiger partial charge in [0.05, 0.1) is 13.2 Å². The van der Waals surface area contributed by atoms with Gasteiger partial charge in [-0.1, -0.05) is 46.4 Å². The quantitative estimate of drug-likeness (QED) is 0.358. The monoisotopic (exact) mass is 382 g/mol. The minimum absolute atomic E-state index is 0.0893. The van der Waals surface area contributed by atoms with Gasteiger partial charge in [-0.3, -0.25) is 9.13 Å². The largest absolute Gasteiger partial charge is 0.360 e. The Morgan fingerprint density at radius 3 is 1.33 bits per heavy atom. The average Bonchev–Trinajstić information content (AvgIpc) is 2.22. The second kappa shape index (κ2) is 8.68. The van der Waals surface area contributed by atoms with Crippen LogP contribution in [-0.2, 0) is 18.2 Å². The summed E-state index contributed by atoms with van der Waals surface area (Å²) in [6.45, 7) is -0.179. The molecule has 0 radical (unpaired) electrons. The lowest BCUT2D eigenvalue weighted by molar-refractivity contribution is 0.225. The molecule has 6 nitrogen and oxygen atoms in total. The van der Waals surface area contributed by atoms with Gasteiger partial charge in [0.1, 0.15) is 0 Å². The number of alkyl halides is 4. The summed E-state index contributed by atoms with van der Waals surface area (Å²) in [5.41, 5.74) is 0. The van der Waals surface area contributed by atoms with Crippen LogP contribution >= 0.6 is 61.6 Å². The summed E-state index contributed by atoms with van der Waals surface area (Å²) in [6, 6.07) is 0. The van der Waals surface area contributed by atoms with E-state index in [9.17, 15) is 9.13 Å². The lowest BCUT2D eigenvalue weighted by Gasteiger charge is -2.14. The summed E-state index contributed by atoms with van der Waals surface area (Å²) < 4.78 is 28.4. The Hall–Kier alpha value is 1.46. The second-order valence-electron chi connectivity index (χ2n) is 3.06. The van der Waals surface area contributed by atoms with Crippen LogP contribution in [-0.4, -0.2) is 32.2 Å². The fraction of sp³-hybridized carbons (Fsp3) is 1.00. The van der Waals surface area contributed by atoms with Crippen LogP contribution in [0.15, 0.2) is 0 Å². The highest BCUT2D eigenvalue weighted by Crippen LogP contribution is 2.52. The number of unbranched alkanes of at least 4 members (excludes halogenated alkanes) is 1. The summed E-state index contributed by atoms with van der Waals surface area (Å²) in [4.78, 5) is 18.1. The van der Waals surface area contributed by atoms with Gasteiger partial charge in [0.15, 0.2) is 0 Å². The molecule has 110 valence electrons. The first-order valence-electron chi connectivity index (χ1n) is 4.60. The first-order chi connectivity index (χ1) is 8.09. The molecule has 2 atom stereocenters. The molecular weight excluding hydrogens is 372 g/mol. The predicted octanol–water partition coefficient (Wildman–Crippen LogP) is 3.69. The van der Waals surface area contributed by atoms with Crippen LogP contribution in [0.5, 0.6) is 0 Å². The van der Waals surface area contributed by atoms with Gasteiger partial charge in [-0.15, -0.1) is 0 Å². The molecule has 2 N–H and O–H groups in total. The van der Waals surface area contributed by atoms with Crippen molar-refractivity contribution in [2.24, 2.45) is 0 Å². The summed E-state index contributed by atoms with van der Waals surface area (Å²) in [5.74, 6) is 0. The summed E-state index contributed by atoms with van der Waals surface area (Å²) in [6.07, 6.45) is 0.612. The van der Waals surface area contributed by atoms with E-state index in [-0.39, 0.29) is 13.2 Å². The average molecular weight is 384 g/mol. The zero-order valence-electron chi connectivity index (χ0n) is 8.92. The van der Waals surface area contributed by atoms with Crippen molar-refractivity contribution in [1.29, 1.82) is 0 Å². The molecule has 0 aromatic heterocycles. The minimum atomic E-state index is -4.02. The number of halogens is 4. The van der Waals surface area contributed by atoms with E-state index in [4.69, 9.17) is 56.2 Å². The summed E-state index contributed by atoms with van der Waals surface area (Å²) in [7, 11) is -8.04. The molecule has 0 amide bonds. The van der Waals surface area contributed by atoms with Crippen LogP contribution in [0.2, 0.25) is 0 Å². The van der Waals surface area contributed by atoms with Crippen LogP contribution in [0.3, 0.4) is 0 Å². The van der Waals surface area contributed by atoms with Crippen LogP contribution in [0.1, 0.15) is 12.8 Å². The molecule has 2 unspecified atom stereocenters. The first-order valence-corrected chi connectivity index (χ1v) is 9.64. The molecule has 0 saturated heterocycles. The molecule has 0 fully saturated rings. The number of hydrogen-bond acceptors (Lipinski definition) is 4. The molecule has 0 bridgehead atoms. The van der Waals surface area contributed by atoms with Gasteiger partial charge >= 0.3 is 15.2 Å². The lowest BCUT2D eigenvalue weighted by atomic mass is 10.3. The first kappa shape index (κ1) is 19.5. The van der Waals surface area contributed by atoms with Gasteiger partial charge in [-0.2, -0.15) is 0 Å². The van der Waals surface area contributed by atoms with Crippen molar-refractivity contribution in [2.75, 3.05) is 13.2 Å². The molecule has 0 aliphatic carbocycles. The standard InChI is InChI=1S/C6H12Cl4O6P2/c7-5(8)17(11,12)15-3-1-2-4-16-18(13,14)6(9)10/h5-6H,1-4H2,(H,11,12)(H,13,14). The Kier molecular flexibility index (Phi) is 9.39. The zero-order chi connectivity index (χ0) is 14.4. The SMILES string of the molecule is O=P(O)(OCCCCOP(=O)(O)C(Cl)Cl)C(Cl)Cl. The summed E-state index contributed by atoms with van der Waals surface area (Å²) in [5, 5.41) is 0. The second-order valence-corrected chi connectivity index (χ2v) is 10.3. The highest BCUT2D eigenvalue weighted by atomic mass is 35.5. The van der Waals surface area contributed by atoms with Crippen molar-refractivity contribution in [3.63, 3.8) is 0 Å². The Balaban J connectivity index is 3.71. The fourth-order valence-corrected chi connectivity index (χ4v) is 2.39. The maximum Gasteiger partial charge on any atom is 0.360 e. The van der Waals surface area contributed by atoms with Gasteiger partial charge in [0.25, 0.3) is 0 Å². The van der Waals surface area contributed by atoms with Gasteiger partial charge in [-0.05, 0) is 12.8 Å². The molecule has 0 spiro atoms. The topological polar surface area (TPSA) is 93.1 Å². The molecule has 0 aliphatic rings. The van der Waals surface area contributed by atoms with Crippen LogP contribution in [0, 0.1) is 0 Å². The molecule has 18 heavy (non-hydrogen) atoms. The van der Waals surface area contributed by atoms with Crippen molar-refractivity contribution in [3.8, 4) is 0 Å². The Labute approximate surface area is 125 Å². The maximum atomic E-state index is 11.1. The highest BCUT2D eigenvalue weighted by Gasteiger charge is 2.29. The van der Waals surface area contributed by atoms with E-state index in [1.54, 1.807) is 0 Å². The van der Waals surface area contributed by atoms with Crippen molar-refractivity contribution in [1.82, 2.24) is 0 Å². The van der Waals surface area contributed by atoms with Crippen LogP contribution in [0.25, 0.3) is 0 Å².